The second kappa shape index (κ2) is 17.1. The van der Waals surface area contributed by atoms with Crippen molar-refractivity contribution in [3.63, 3.8) is 0 Å². The number of rotatable bonds is 12. The van der Waals surface area contributed by atoms with E-state index in [4.69, 9.17) is 18.9 Å². The first-order valence-electron chi connectivity index (χ1n) is 15.9. The highest BCUT2D eigenvalue weighted by Gasteiger charge is 2.25. The van der Waals surface area contributed by atoms with Gasteiger partial charge < -0.3 is 18.9 Å². The predicted octanol–water partition coefficient (Wildman–Crippen LogP) is 8.52. The zero-order valence-corrected chi connectivity index (χ0v) is 28.7. The molecule has 0 aromatic heterocycles. The van der Waals surface area contributed by atoms with Crippen molar-refractivity contribution in [1.82, 2.24) is 0 Å². The number of carbonyl (C=O) groups is 4. The third-order valence-corrected chi connectivity index (χ3v) is 7.27. The highest BCUT2D eigenvalue weighted by molar-refractivity contribution is 5.94. The lowest BCUT2D eigenvalue weighted by atomic mass is 9.93. The van der Waals surface area contributed by atoms with Crippen LogP contribution in [0.1, 0.15) is 43.9 Å². The van der Waals surface area contributed by atoms with Crippen molar-refractivity contribution in [2.24, 2.45) is 0 Å². The van der Waals surface area contributed by atoms with Crippen molar-refractivity contribution < 1.29 is 38.1 Å². The van der Waals surface area contributed by atoms with Gasteiger partial charge in [-0.2, -0.15) is 0 Å². The fourth-order valence-corrected chi connectivity index (χ4v) is 4.72. The molecule has 0 heterocycles. The van der Waals surface area contributed by atoms with Gasteiger partial charge in [0.1, 0.15) is 23.0 Å². The molecule has 0 spiro atoms. The van der Waals surface area contributed by atoms with Gasteiger partial charge in [0.25, 0.3) is 0 Å². The van der Waals surface area contributed by atoms with E-state index in [2.05, 4.69) is 38.2 Å². The van der Waals surface area contributed by atoms with E-state index < -0.39 is 23.9 Å². The van der Waals surface area contributed by atoms with Gasteiger partial charge in [-0.25, -0.2) is 19.2 Å². The summed E-state index contributed by atoms with van der Waals surface area (Å²) < 4.78 is 22.2. The average molecular weight is 681 g/mol. The molecule has 0 aliphatic heterocycles. The van der Waals surface area contributed by atoms with E-state index in [1.165, 1.54) is 13.8 Å². The molecule has 0 aliphatic rings. The predicted molar refractivity (Wildman–Crippen MR) is 196 cm³/mol. The van der Waals surface area contributed by atoms with E-state index in [0.29, 0.717) is 46.4 Å². The van der Waals surface area contributed by atoms with Gasteiger partial charge in [-0.1, -0.05) is 87.9 Å². The Bertz CT molecular complexity index is 2090. The summed E-state index contributed by atoms with van der Waals surface area (Å²) in [6.07, 6.45) is 3.29. The summed E-state index contributed by atoms with van der Waals surface area (Å²) >= 11 is 0. The Morgan fingerprint density at radius 3 is 1.59 bits per heavy atom. The van der Waals surface area contributed by atoms with Crippen molar-refractivity contribution in [3.8, 4) is 57.1 Å². The van der Waals surface area contributed by atoms with Gasteiger partial charge >= 0.3 is 23.9 Å². The maximum Gasteiger partial charge on any atom is 0.338 e. The van der Waals surface area contributed by atoms with Crippen LogP contribution in [0.4, 0.5) is 0 Å². The molecule has 0 radical (unpaired) electrons. The zero-order valence-electron chi connectivity index (χ0n) is 28.7. The van der Waals surface area contributed by atoms with Crippen LogP contribution in [0.15, 0.2) is 128 Å². The van der Waals surface area contributed by atoms with Gasteiger partial charge in [0.15, 0.2) is 0 Å². The summed E-state index contributed by atoms with van der Waals surface area (Å²) in [6, 6.07) is 22.7. The lowest BCUT2D eigenvalue weighted by Gasteiger charge is -2.20. The van der Waals surface area contributed by atoms with Crippen LogP contribution in [0.5, 0.6) is 23.0 Å². The molecule has 4 rings (SSSR count). The van der Waals surface area contributed by atoms with Crippen LogP contribution in [0.3, 0.4) is 0 Å². The maximum absolute atomic E-state index is 13.0. The van der Waals surface area contributed by atoms with Crippen LogP contribution in [0.2, 0.25) is 0 Å². The molecular formula is C43H36O8. The third kappa shape index (κ3) is 9.68. The van der Waals surface area contributed by atoms with Crippen molar-refractivity contribution in [1.29, 1.82) is 0 Å². The van der Waals surface area contributed by atoms with Crippen LogP contribution < -0.4 is 18.9 Å². The van der Waals surface area contributed by atoms with Crippen molar-refractivity contribution in [2.45, 2.75) is 33.6 Å². The van der Waals surface area contributed by atoms with Crippen LogP contribution in [-0.4, -0.2) is 23.9 Å². The fourth-order valence-electron chi connectivity index (χ4n) is 4.72. The van der Waals surface area contributed by atoms with Gasteiger partial charge in [0.05, 0.1) is 5.56 Å². The lowest BCUT2D eigenvalue weighted by Crippen LogP contribution is -2.14. The highest BCUT2D eigenvalue weighted by Crippen LogP contribution is 2.44. The van der Waals surface area contributed by atoms with E-state index in [9.17, 15) is 19.2 Å². The van der Waals surface area contributed by atoms with Crippen molar-refractivity contribution in [3.05, 3.63) is 145 Å². The first-order chi connectivity index (χ1) is 24.4. The lowest BCUT2D eigenvalue weighted by molar-refractivity contribution is -0.130. The van der Waals surface area contributed by atoms with Crippen LogP contribution in [-0.2, 0) is 25.6 Å². The minimum atomic E-state index is -0.686. The van der Waals surface area contributed by atoms with E-state index in [-0.39, 0.29) is 28.4 Å². The Morgan fingerprint density at radius 1 is 0.647 bits per heavy atom. The van der Waals surface area contributed by atoms with E-state index in [1.54, 1.807) is 42.5 Å². The molecule has 0 bridgehead atoms. The number of ether oxygens (including phenoxy) is 4. The number of benzene rings is 4. The minimum absolute atomic E-state index is 0.0880. The molecule has 8 nitrogen and oxygen atoms in total. The first-order valence-corrected chi connectivity index (χ1v) is 15.9. The summed E-state index contributed by atoms with van der Waals surface area (Å²) in [7, 11) is 0. The third-order valence-electron chi connectivity index (χ3n) is 7.27. The molecule has 0 saturated carbocycles. The SMILES string of the molecule is C=CC(=O)Oc1ccc(-c2ccc(C#Cc3cc(OC(=O)C(=C)C)c(-c4ccc(OC(=O)C=C)cc4)c(OC(=O)C(=C)C)c3CCC)cc2)cc1. The number of carbonyl (C=O) groups excluding carboxylic acids is 4. The summed E-state index contributed by atoms with van der Waals surface area (Å²) in [5.41, 5.74) is 4.81. The molecule has 8 heteroatoms. The van der Waals surface area contributed by atoms with Gasteiger partial charge in [-0.3, -0.25) is 0 Å². The van der Waals surface area contributed by atoms with E-state index in [1.807, 2.05) is 43.3 Å². The molecule has 0 amide bonds. The number of hydrogen-bond acceptors (Lipinski definition) is 8. The molecule has 0 saturated heterocycles. The molecule has 0 aliphatic carbocycles. The van der Waals surface area contributed by atoms with Gasteiger partial charge in [-0.05, 0) is 79.4 Å². The Morgan fingerprint density at radius 2 is 1.12 bits per heavy atom. The van der Waals surface area contributed by atoms with Crippen molar-refractivity contribution in [2.75, 3.05) is 0 Å². The summed E-state index contributed by atoms with van der Waals surface area (Å²) in [4.78, 5) is 49.2. The normalized spacial score (nSPS) is 10.1. The summed E-state index contributed by atoms with van der Waals surface area (Å²) in [5, 5.41) is 0. The number of hydrogen-bond donors (Lipinski definition) is 0. The monoisotopic (exact) mass is 680 g/mol. The smallest absolute Gasteiger partial charge is 0.338 e. The second-order valence-electron chi connectivity index (χ2n) is 11.3. The molecule has 0 atom stereocenters. The molecule has 4 aromatic carbocycles. The quantitative estimate of drug-likeness (QED) is 0.0635. The second-order valence-corrected chi connectivity index (χ2v) is 11.3. The Labute approximate surface area is 297 Å². The molecule has 0 N–H and O–H groups in total. The maximum atomic E-state index is 13.0. The molecule has 4 aromatic rings. The average Bonchev–Trinajstić information content (AvgIpc) is 3.12. The molecular weight excluding hydrogens is 644 g/mol. The molecule has 0 fully saturated rings. The fraction of sp³-hybridized carbons (Fsp3) is 0.116. The topological polar surface area (TPSA) is 105 Å². The van der Waals surface area contributed by atoms with Gasteiger partial charge in [0, 0.05) is 40.0 Å². The van der Waals surface area contributed by atoms with Gasteiger partial charge in [-0.15, -0.1) is 0 Å². The number of esters is 4. The molecule has 256 valence electrons. The zero-order chi connectivity index (χ0) is 37.1. The van der Waals surface area contributed by atoms with Crippen LogP contribution in [0.25, 0.3) is 22.3 Å². The Kier molecular flexibility index (Phi) is 12.4. The van der Waals surface area contributed by atoms with E-state index >= 15 is 0 Å². The highest BCUT2D eigenvalue weighted by atomic mass is 16.6. The van der Waals surface area contributed by atoms with Crippen LogP contribution >= 0.6 is 0 Å². The minimum Gasteiger partial charge on any atom is -0.423 e. The molecule has 0 unspecified atom stereocenters. The Balaban J connectivity index is 1.84. The van der Waals surface area contributed by atoms with E-state index in [0.717, 1.165) is 23.3 Å². The largest absolute Gasteiger partial charge is 0.423 e. The summed E-state index contributed by atoms with van der Waals surface area (Å²) in [5.74, 6) is 4.79. The Hall–Kier alpha value is -6.72. The van der Waals surface area contributed by atoms with Crippen LogP contribution in [0, 0.1) is 11.8 Å². The molecule has 51 heavy (non-hydrogen) atoms. The summed E-state index contributed by atoms with van der Waals surface area (Å²) in [6.45, 7) is 19.3. The first kappa shape index (κ1) is 37.1. The van der Waals surface area contributed by atoms with Crippen molar-refractivity contribution >= 4 is 23.9 Å². The standard InChI is InChI=1S/C43H36O8/c1-8-11-36-33(17-14-29-12-15-30(16-13-29)31-18-22-34(23-19-31)48-38(44)9-2)26-37(50-42(46)27(4)5)40(41(36)51-43(47)28(6)7)32-20-24-35(25-21-32)49-39(45)10-3/h9-10,12-13,15-16,18-26H,2-4,6,8,11H2,1,5,7H3. The van der Waals surface area contributed by atoms with Gasteiger partial charge in [0.2, 0.25) is 0 Å².